The fourth-order valence-corrected chi connectivity index (χ4v) is 1.78. The second kappa shape index (κ2) is 6.81. The lowest BCUT2D eigenvalue weighted by atomic mass is 10.0. The predicted octanol–water partition coefficient (Wildman–Crippen LogP) is 2.35. The lowest BCUT2D eigenvalue weighted by Crippen LogP contribution is -2.25. The molecule has 0 fully saturated rings. The van der Waals surface area contributed by atoms with Gasteiger partial charge in [-0.05, 0) is 35.0 Å². The summed E-state index contributed by atoms with van der Waals surface area (Å²) in [5.74, 6) is -2.41. The molecule has 98 valence electrons. The first-order valence-corrected chi connectivity index (χ1v) is 6.15. The Kier molecular flexibility index (Phi) is 5.39. The Balaban J connectivity index is 2.66. The van der Waals surface area contributed by atoms with Crippen LogP contribution in [0.5, 0.6) is 0 Å². The van der Waals surface area contributed by atoms with Crippen LogP contribution >= 0.6 is 15.9 Å². The first-order chi connectivity index (χ1) is 8.97. The van der Waals surface area contributed by atoms with E-state index >= 15 is 0 Å². The number of carbonyl (C=O) groups excluding carboxylic acids is 2. The number of carbonyl (C=O) groups is 2. The van der Waals surface area contributed by atoms with Gasteiger partial charge in [-0.2, -0.15) is 5.26 Å². The maximum atomic E-state index is 11.7. The molecule has 6 heteroatoms. The number of hydrogen-bond acceptors (Lipinski definition) is 5. The quantitative estimate of drug-likeness (QED) is 0.665. The van der Waals surface area contributed by atoms with Crippen molar-refractivity contribution in [2.75, 3.05) is 6.61 Å². The Morgan fingerprint density at radius 2 is 2.11 bits per heavy atom. The topological polar surface area (TPSA) is 91.0 Å². The van der Waals surface area contributed by atoms with Gasteiger partial charge in [0.25, 0.3) is 0 Å². The molecule has 0 radical (unpaired) electrons. The fraction of sp³-hybridized carbons (Fsp3) is 0.231. The number of ketones is 1. The molecule has 1 unspecified atom stereocenters. The van der Waals surface area contributed by atoms with Crippen LogP contribution in [0.2, 0.25) is 0 Å². The van der Waals surface area contributed by atoms with Crippen molar-refractivity contribution in [3.05, 3.63) is 34.3 Å². The number of esters is 1. The van der Waals surface area contributed by atoms with E-state index < -0.39 is 24.3 Å². The molecule has 19 heavy (non-hydrogen) atoms. The van der Waals surface area contributed by atoms with Gasteiger partial charge in [-0.25, -0.2) is 4.79 Å². The van der Waals surface area contributed by atoms with E-state index in [0.29, 0.717) is 10.0 Å². The van der Waals surface area contributed by atoms with Crippen LogP contribution in [0.4, 0.5) is 0 Å². The largest absolute Gasteiger partial charge is 0.454 e. The summed E-state index contributed by atoms with van der Waals surface area (Å²) in [6.07, 6.45) is 0. The second-order valence-corrected chi connectivity index (χ2v) is 4.62. The first kappa shape index (κ1) is 15.1. The Hall–Kier alpha value is -2.00. The molecule has 0 saturated carbocycles. The van der Waals surface area contributed by atoms with Crippen molar-refractivity contribution in [2.24, 2.45) is 5.92 Å². The Labute approximate surface area is 118 Å². The van der Waals surface area contributed by atoms with E-state index in [4.69, 9.17) is 15.4 Å². The molecule has 0 aliphatic carbocycles. The van der Waals surface area contributed by atoms with Gasteiger partial charge in [0.1, 0.15) is 5.92 Å². The average Bonchev–Trinajstić information content (AvgIpc) is 2.37. The van der Waals surface area contributed by atoms with Gasteiger partial charge in [0.15, 0.2) is 12.4 Å². The van der Waals surface area contributed by atoms with E-state index in [2.05, 4.69) is 15.9 Å². The zero-order valence-corrected chi connectivity index (χ0v) is 11.7. The number of halogens is 1. The lowest BCUT2D eigenvalue weighted by molar-refractivity contribution is -0.122. The molecule has 0 aromatic heterocycles. The van der Waals surface area contributed by atoms with Crippen molar-refractivity contribution in [2.45, 2.75) is 6.92 Å². The highest BCUT2D eigenvalue weighted by molar-refractivity contribution is 9.10. The maximum Gasteiger partial charge on any atom is 0.339 e. The lowest BCUT2D eigenvalue weighted by Gasteiger charge is -2.08. The van der Waals surface area contributed by atoms with Crippen LogP contribution in [-0.4, -0.2) is 24.1 Å². The molecule has 1 N–H and O–H groups in total. The highest BCUT2D eigenvalue weighted by Gasteiger charge is 2.22. The van der Waals surface area contributed by atoms with Crippen LogP contribution in [0.25, 0.3) is 0 Å². The number of benzene rings is 1. The SMILES string of the molecule is CC(=N)C(C#N)C(=O)COC(=O)c1ccccc1Br. The molecule has 0 amide bonds. The average molecular weight is 323 g/mol. The molecule has 0 aliphatic heterocycles. The van der Waals surface area contributed by atoms with Crippen molar-refractivity contribution < 1.29 is 14.3 Å². The zero-order valence-electron chi connectivity index (χ0n) is 10.1. The van der Waals surface area contributed by atoms with Crippen molar-refractivity contribution in [1.82, 2.24) is 0 Å². The number of ether oxygens (including phenoxy) is 1. The van der Waals surface area contributed by atoms with Gasteiger partial charge in [-0.15, -0.1) is 0 Å². The Morgan fingerprint density at radius 1 is 1.47 bits per heavy atom. The molecule has 0 saturated heterocycles. The van der Waals surface area contributed by atoms with Crippen LogP contribution < -0.4 is 0 Å². The molecule has 1 aromatic rings. The smallest absolute Gasteiger partial charge is 0.339 e. The van der Waals surface area contributed by atoms with Crippen molar-refractivity contribution in [3.63, 3.8) is 0 Å². The molecular formula is C13H11BrN2O3. The van der Waals surface area contributed by atoms with Gasteiger partial charge in [-0.3, -0.25) is 4.79 Å². The summed E-state index contributed by atoms with van der Waals surface area (Å²) in [6, 6.07) is 8.35. The third kappa shape index (κ3) is 4.00. The van der Waals surface area contributed by atoms with Gasteiger partial charge < -0.3 is 10.1 Å². The standard InChI is InChI=1S/C13H11BrN2O3/c1-8(16)10(6-15)12(17)7-19-13(18)9-4-2-3-5-11(9)14/h2-5,10,16H,7H2,1H3. The highest BCUT2D eigenvalue weighted by atomic mass is 79.9. The molecule has 5 nitrogen and oxygen atoms in total. The van der Waals surface area contributed by atoms with E-state index in [0.717, 1.165) is 0 Å². The highest BCUT2D eigenvalue weighted by Crippen LogP contribution is 2.16. The van der Waals surface area contributed by atoms with E-state index in [9.17, 15) is 9.59 Å². The van der Waals surface area contributed by atoms with E-state index in [1.807, 2.05) is 0 Å². The number of nitrogens with zero attached hydrogens (tertiary/aromatic N) is 1. The van der Waals surface area contributed by atoms with E-state index in [1.54, 1.807) is 30.3 Å². The van der Waals surface area contributed by atoms with Crippen LogP contribution in [0.15, 0.2) is 28.7 Å². The summed E-state index contributed by atoms with van der Waals surface area (Å²) in [5, 5.41) is 16.0. The molecule has 1 atom stereocenters. The number of hydrogen-bond donors (Lipinski definition) is 1. The fourth-order valence-electron chi connectivity index (χ4n) is 1.33. The van der Waals surface area contributed by atoms with Crippen molar-refractivity contribution >= 4 is 33.4 Å². The maximum absolute atomic E-state index is 11.7. The van der Waals surface area contributed by atoms with Crippen LogP contribution in [0, 0.1) is 22.7 Å². The molecule has 0 heterocycles. The minimum Gasteiger partial charge on any atom is -0.454 e. The van der Waals surface area contributed by atoms with Gasteiger partial charge in [0.05, 0.1) is 11.6 Å². The number of Topliss-reactive ketones (excluding diaryl/α,β-unsaturated/α-hetero) is 1. The predicted molar refractivity (Wildman–Crippen MR) is 71.9 cm³/mol. The van der Waals surface area contributed by atoms with Crippen LogP contribution in [0.3, 0.4) is 0 Å². The minimum absolute atomic E-state index is 0.0653. The molecule has 1 aromatic carbocycles. The van der Waals surface area contributed by atoms with Gasteiger partial charge in [-0.1, -0.05) is 12.1 Å². The molecule has 0 spiro atoms. The Morgan fingerprint density at radius 3 is 2.63 bits per heavy atom. The molecule has 1 rings (SSSR count). The van der Waals surface area contributed by atoms with Crippen LogP contribution in [-0.2, 0) is 9.53 Å². The third-order valence-electron chi connectivity index (χ3n) is 2.32. The molecular weight excluding hydrogens is 312 g/mol. The van der Waals surface area contributed by atoms with E-state index in [-0.39, 0.29) is 5.71 Å². The third-order valence-corrected chi connectivity index (χ3v) is 3.01. The monoisotopic (exact) mass is 322 g/mol. The van der Waals surface area contributed by atoms with Crippen molar-refractivity contribution in [1.29, 1.82) is 10.7 Å². The van der Waals surface area contributed by atoms with Crippen LogP contribution in [0.1, 0.15) is 17.3 Å². The molecule has 0 aliphatic rings. The molecule has 0 bridgehead atoms. The summed E-state index contributed by atoms with van der Waals surface area (Å²) in [7, 11) is 0. The summed E-state index contributed by atoms with van der Waals surface area (Å²) >= 11 is 3.20. The zero-order chi connectivity index (χ0) is 14.4. The Bertz CT molecular complexity index is 563. The summed E-state index contributed by atoms with van der Waals surface area (Å²) < 4.78 is 5.40. The van der Waals surface area contributed by atoms with Gasteiger partial charge in [0, 0.05) is 10.2 Å². The number of rotatable bonds is 5. The summed E-state index contributed by atoms with van der Waals surface area (Å²) in [4.78, 5) is 23.3. The normalized spacial score (nSPS) is 11.2. The summed E-state index contributed by atoms with van der Waals surface area (Å²) in [6.45, 7) is 0.843. The summed E-state index contributed by atoms with van der Waals surface area (Å²) in [5.41, 5.74) is 0.236. The number of nitrogens with one attached hydrogen (secondary N) is 1. The van der Waals surface area contributed by atoms with Gasteiger partial charge >= 0.3 is 5.97 Å². The second-order valence-electron chi connectivity index (χ2n) is 3.77. The minimum atomic E-state index is -1.16. The number of nitriles is 1. The van der Waals surface area contributed by atoms with Crippen molar-refractivity contribution in [3.8, 4) is 6.07 Å². The van der Waals surface area contributed by atoms with E-state index in [1.165, 1.54) is 6.92 Å². The van der Waals surface area contributed by atoms with Gasteiger partial charge in [0.2, 0.25) is 0 Å². The first-order valence-electron chi connectivity index (χ1n) is 5.36.